The molecule has 2 aromatic rings. The molecule has 1 saturated heterocycles. The Balaban J connectivity index is 1.96. The first-order valence-corrected chi connectivity index (χ1v) is 10.8. The van der Waals surface area contributed by atoms with Gasteiger partial charge in [-0.2, -0.15) is 8.42 Å². The molecule has 0 N–H and O–H groups in total. The number of benzene rings is 1. The smallest absolute Gasteiger partial charge is 0.284 e. The molecule has 25 heavy (non-hydrogen) atoms. The Morgan fingerprint density at radius 3 is 2.56 bits per heavy atom. The zero-order chi connectivity index (χ0) is 18.0. The number of amidine groups is 1. The Morgan fingerprint density at radius 2 is 1.96 bits per heavy atom. The minimum atomic E-state index is -3.92. The summed E-state index contributed by atoms with van der Waals surface area (Å²) in [5.74, 6) is -0.244. The van der Waals surface area contributed by atoms with Crippen LogP contribution in [0.5, 0.6) is 0 Å². The van der Waals surface area contributed by atoms with E-state index in [0.717, 1.165) is 16.6 Å². The van der Waals surface area contributed by atoms with Crippen LogP contribution in [-0.4, -0.2) is 30.9 Å². The van der Waals surface area contributed by atoms with Crippen molar-refractivity contribution >= 4 is 61.9 Å². The summed E-state index contributed by atoms with van der Waals surface area (Å²) in [5, 5.41) is 2.51. The molecular formula is C16H13ClN2O3S3. The molecule has 1 fully saturated rings. The number of thiophene rings is 1. The molecule has 1 aliphatic heterocycles. The van der Waals surface area contributed by atoms with Gasteiger partial charge in [0.2, 0.25) is 0 Å². The van der Waals surface area contributed by atoms with Gasteiger partial charge in [0.15, 0.2) is 5.17 Å². The van der Waals surface area contributed by atoms with Gasteiger partial charge < -0.3 is 0 Å². The van der Waals surface area contributed by atoms with E-state index >= 15 is 0 Å². The Kier molecular flexibility index (Phi) is 5.33. The highest BCUT2D eigenvalue weighted by Crippen LogP contribution is 2.34. The van der Waals surface area contributed by atoms with Crippen molar-refractivity contribution in [3.8, 4) is 0 Å². The number of sulfonamides is 1. The molecule has 3 rings (SSSR count). The fourth-order valence-electron chi connectivity index (χ4n) is 2.12. The van der Waals surface area contributed by atoms with Gasteiger partial charge in [0.25, 0.3) is 15.9 Å². The molecule has 130 valence electrons. The first kappa shape index (κ1) is 18.2. The summed E-state index contributed by atoms with van der Waals surface area (Å²) in [6.45, 7) is 2.11. The first-order valence-electron chi connectivity index (χ1n) is 7.26. The summed E-state index contributed by atoms with van der Waals surface area (Å²) < 4.78 is 28.9. The number of amides is 1. The van der Waals surface area contributed by atoms with Gasteiger partial charge in [-0.05, 0) is 60.5 Å². The predicted octanol–water partition coefficient (Wildman–Crippen LogP) is 4.08. The zero-order valence-corrected chi connectivity index (χ0v) is 16.3. The maximum atomic E-state index is 12.5. The molecule has 1 amide bonds. The Labute approximate surface area is 159 Å². The summed E-state index contributed by atoms with van der Waals surface area (Å²) in [6.07, 6.45) is 1.75. The van der Waals surface area contributed by atoms with E-state index in [9.17, 15) is 13.2 Å². The second-order valence-electron chi connectivity index (χ2n) is 4.98. The molecule has 2 heterocycles. The van der Waals surface area contributed by atoms with Crippen molar-refractivity contribution < 1.29 is 13.2 Å². The predicted molar refractivity (Wildman–Crippen MR) is 103 cm³/mol. The lowest BCUT2D eigenvalue weighted by Gasteiger charge is -2.11. The summed E-state index contributed by atoms with van der Waals surface area (Å²) >= 11 is 8.35. The van der Waals surface area contributed by atoms with Crippen molar-refractivity contribution in [3.63, 3.8) is 0 Å². The largest absolute Gasteiger partial charge is 0.286 e. The molecule has 9 heteroatoms. The summed E-state index contributed by atoms with van der Waals surface area (Å²) in [5.41, 5.74) is 0. The molecular weight excluding hydrogens is 400 g/mol. The lowest BCUT2D eigenvalue weighted by molar-refractivity contribution is -0.122. The number of thioether (sulfide) groups is 1. The van der Waals surface area contributed by atoms with E-state index in [2.05, 4.69) is 4.40 Å². The van der Waals surface area contributed by atoms with Crippen molar-refractivity contribution in [2.24, 2.45) is 4.40 Å². The topological polar surface area (TPSA) is 66.8 Å². The van der Waals surface area contributed by atoms with Crippen molar-refractivity contribution in [2.45, 2.75) is 11.8 Å². The number of hydrogen-bond donors (Lipinski definition) is 0. The molecule has 0 saturated carbocycles. The maximum Gasteiger partial charge on any atom is 0.284 e. The second kappa shape index (κ2) is 7.33. The van der Waals surface area contributed by atoms with Gasteiger partial charge in [0.05, 0.1) is 9.80 Å². The molecule has 0 radical (unpaired) electrons. The monoisotopic (exact) mass is 412 g/mol. The Hall–Kier alpha value is -1.61. The van der Waals surface area contributed by atoms with Crippen LogP contribution in [0, 0.1) is 0 Å². The van der Waals surface area contributed by atoms with Gasteiger partial charge in [-0.3, -0.25) is 9.69 Å². The third-order valence-electron chi connectivity index (χ3n) is 3.33. The van der Waals surface area contributed by atoms with Gasteiger partial charge in [-0.15, -0.1) is 15.7 Å². The van der Waals surface area contributed by atoms with Crippen LogP contribution < -0.4 is 0 Å². The van der Waals surface area contributed by atoms with E-state index in [1.165, 1.54) is 40.5 Å². The minimum Gasteiger partial charge on any atom is -0.286 e. The number of likely N-dealkylation sites (N-methyl/N-ethyl adjacent to an activating group) is 1. The molecule has 1 aromatic heterocycles. The van der Waals surface area contributed by atoms with Crippen LogP contribution in [0.15, 0.2) is 56.0 Å². The van der Waals surface area contributed by atoms with Crippen molar-refractivity contribution in [2.75, 3.05) is 6.54 Å². The average molecular weight is 413 g/mol. The van der Waals surface area contributed by atoms with Crippen LogP contribution in [0.25, 0.3) is 6.08 Å². The highest BCUT2D eigenvalue weighted by molar-refractivity contribution is 8.19. The van der Waals surface area contributed by atoms with Gasteiger partial charge in [0, 0.05) is 16.4 Å². The van der Waals surface area contributed by atoms with Crippen LogP contribution in [-0.2, 0) is 14.8 Å². The standard InChI is InChI=1S/C16H13ClN2O3S3/c1-2-19-15(20)14(10-12-4-3-9-23-12)24-16(19)18-25(21,22)13-7-5-11(17)6-8-13/h3-10H,2H2,1H3/b14-10-,18-16+. The van der Waals surface area contributed by atoms with Gasteiger partial charge in [-0.1, -0.05) is 17.7 Å². The lowest BCUT2D eigenvalue weighted by atomic mass is 10.4. The number of nitrogens with zero attached hydrogens (tertiary/aromatic N) is 2. The van der Waals surface area contributed by atoms with Gasteiger partial charge in [0.1, 0.15) is 0 Å². The van der Waals surface area contributed by atoms with E-state index < -0.39 is 10.0 Å². The first-order chi connectivity index (χ1) is 11.9. The van der Waals surface area contributed by atoms with E-state index in [0.29, 0.717) is 16.5 Å². The SMILES string of the molecule is CCN1C(=O)/C(=C/c2cccs2)S/C1=N/S(=O)(=O)c1ccc(Cl)cc1. The third kappa shape index (κ3) is 3.98. The van der Waals surface area contributed by atoms with Crippen LogP contribution >= 0.6 is 34.7 Å². The summed E-state index contributed by atoms with van der Waals surface area (Å²) in [4.78, 5) is 15.3. The van der Waals surface area contributed by atoms with Crippen molar-refractivity contribution in [1.82, 2.24) is 4.90 Å². The number of carbonyl (C=O) groups excluding carboxylic acids is 1. The van der Waals surface area contributed by atoms with Gasteiger partial charge in [-0.25, -0.2) is 0 Å². The number of carbonyl (C=O) groups is 1. The van der Waals surface area contributed by atoms with E-state index in [-0.39, 0.29) is 16.0 Å². The lowest BCUT2D eigenvalue weighted by Crippen LogP contribution is -2.29. The average Bonchev–Trinajstić information content (AvgIpc) is 3.17. The highest BCUT2D eigenvalue weighted by Gasteiger charge is 2.34. The maximum absolute atomic E-state index is 12.5. The fraction of sp³-hybridized carbons (Fsp3) is 0.125. The van der Waals surface area contributed by atoms with Crippen LogP contribution in [0.2, 0.25) is 5.02 Å². The number of hydrogen-bond acceptors (Lipinski definition) is 5. The second-order valence-corrected chi connectivity index (χ2v) is 9.01. The third-order valence-corrected chi connectivity index (χ3v) is 6.81. The van der Waals surface area contributed by atoms with E-state index in [1.807, 2.05) is 17.5 Å². The van der Waals surface area contributed by atoms with Crippen molar-refractivity contribution in [1.29, 1.82) is 0 Å². The van der Waals surface area contributed by atoms with Crippen molar-refractivity contribution in [3.05, 3.63) is 56.6 Å². The summed E-state index contributed by atoms with van der Waals surface area (Å²) in [6, 6.07) is 9.53. The molecule has 0 unspecified atom stereocenters. The fourth-order valence-corrected chi connectivity index (χ4v) is 5.21. The molecule has 0 spiro atoms. The molecule has 5 nitrogen and oxygen atoms in total. The molecule has 0 bridgehead atoms. The molecule has 0 atom stereocenters. The Bertz CT molecular complexity index is 949. The number of rotatable bonds is 4. The van der Waals surface area contributed by atoms with Crippen LogP contribution in [0.1, 0.15) is 11.8 Å². The van der Waals surface area contributed by atoms with E-state index in [4.69, 9.17) is 11.6 Å². The molecule has 1 aliphatic rings. The molecule has 1 aromatic carbocycles. The highest BCUT2D eigenvalue weighted by atomic mass is 35.5. The normalized spacial score (nSPS) is 18.5. The molecule has 0 aliphatic carbocycles. The van der Waals surface area contributed by atoms with Crippen LogP contribution in [0.4, 0.5) is 0 Å². The zero-order valence-electron chi connectivity index (χ0n) is 13.0. The van der Waals surface area contributed by atoms with E-state index in [1.54, 1.807) is 13.0 Å². The quantitative estimate of drug-likeness (QED) is 0.709. The van der Waals surface area contributed by atoms with Crippen LogP contribution in [0.3, 0.4) is 0 Å². The number of halogens is 1. The Morgan fingerprint density at radius 1 is 1.24 bits per heavy atom. The minimum absolute atomic E-state index is 0.0317. The van der Waals surface area contributed by atoms with Gasteiger partial charge >= 0.3 is 0 Å². The summed E-state index contributed by atoms with van der Waals surface area (Å²) in [7, 11) is -3.92.